The molecule has 0 bridgehead atoms. The van der Waals surface area contributed by atoms with E-state index in [0.29, 0.717) is 0 Å². The van der Waals surface area contributed by atoms with Gasteiger partial charge in [0.2, 0.25) is 0 Å². The van der Waals surface area contributed by atoms with Gasteiger partial charge in [0.15, 0.2) is 0 Å². The van der Waals surface area contributed by atoms with Gasteiger partial charge >= 0.3 is 0 Å². The van der Waals surface area contributed by atoms with E-state index in [4.69, 9.17) is 0 Å². The average Bonchev–Trinajstić information content (AvgIpc) is 2.23. The van der Waals surface area contributed by atoms with Crippen LogP contribution in [0.25, 0.3) is 0 Å². The summed E-state index contributed by atoms with van der Waals surface area (Å²) in [4.78, 5) is 0. The zero-order chi connectivity index (χ0) is 11.4. The summed E-state index contributed by atoms with van der Waals surface area (Å²) in [5.74, 6) is 6.05. The lowest BCUT2D eigenvalue weighted by Crippen LogP contribution is -1.81. The molecule has 0 aromatic heterocycles. The lowest BCUT2D eigenvalue weighted by atomic mass is 10.1. The van der Waals surface area contributed by atoms with Crippen LogP contribution in [0.4, 0.5) is 0 Å². The van der Waals surface area contributed by atoms with Crippen LogP contribution in [-0.4, -0.2) is 0 Å². The van der Waals surface area contributed by atoms with Crippen molar-refractivity contribution in [3.8, 4) is 11.8 Å². The molecule has 15 heavy (non-hydrogen) atoms. The molecule has 0 aliphatic carbocycles. The maximum Gasteiger partial charge on any atom is 0.00885 e. The van der Waals surface area contributed by atoms with E-state index in [2.05, 4.69) is 31.8 Å². The molecular formula is C15H26. The van der Waals surface area contributed by atoms with Gasteiger partial charge in [0.05, 0.1) is 0 Å². The van der Waals surface area contributed by atoms with Crippen molar-refractivity contribution < 1.29 is 0 Å². The van der Waals surface area contributed by atoms with E-state index in [-0.39, 0.29) is 0 Å². The lowest BCUT2D eigenvalue weighted by molar-refractivity contribution is 0.686. The maximum atomic E-state index is 3.11. The molecule has 0 aromatic rings. The minimum absolute atomic E-state index is 1.08. The number of rotatable bonds is 8. The molecule has 0 atom stereocenters. The molecule has 0 nitrogen and oxygen atoms in total. The van der Waals surface area contributed by atoms with Crippen LogP contribution in [0.3, 0.4) is 0 Å². The molecule has 0 amide bonds. The number of hydrogen-bond donors (Lipinski definition) is 0. The van der Waals surface area contributed by atoms with Crippen LogP contribution in [0, 0.1) is 11.8 Å². The summed E-state index contributed by atoms with van der Waals surface area (Å²) in [5.41, 5.74) is 1.57. The molecule has 0 N–H and O–H groups in total. The van der Waals surface area contributed by atoms with E-state index in [1.807, 2.05) is 6.92 Å². The van der Waals surface area contributed by atoms with Gasteiger partial charge in [-0.2, -0.15) is 0 Å². The van der Waals surface area contributed by atoms with Gasteiger partial charge in [-0.1, -0.05) is 37.8 Å². The second kappa shape index (κ2) is 11.4. The van der Waals surface area contributed by atoms with Gasteiger partial charge in [0, 0.05) is 6.42 Å². The van der Waals surface area contributed by atoms with Crippen LogP contribution in [0.1, 0.15) is 72.1 Å². The van der Waals surface area contributed by atoms with Crippen molar-refractivity contribution in [2.75, 3.05) is 0 Å². The second-order valence-corrected chi connectivity index (χ2v) is 4.18. The van der Waals surface area contributed by atoms with Gasteiger partial charge in [-0.3, -0.25) is 0 Å². The molecule has 0 radical (unpaired) electrons. The summed E-state index contributed by atoms with van der Waals surface area (Å²) >= 11 is 0. The zero-order valence-electron chi connectivity index (χ0n) is 10.7. The van der Waals surface area contributed by atoms with E-state index < -0.39 is 0 Å². The summed E-state index contributed by atoms with van der Waals surface area (Å²) in [5, 5.41) is 0. The van der Waals surface area contributed by atoms with Crippen LogP contribution < -0.4 is 0 Å². The molecule has 0 saturated carbocycles. The molecule has 0 spiro atoms. The lowest BCUT2D eigenvalue weighted by Gasteiger charge is -2.00. The van der Waals surface area contributed by atoms with Crippen LogP contribution >= 0.6 is 0 Å². The molecule has 0 aromatic carbocycles. The molecule has 0 saturated heterocycles. The van der Waals surface area contributed by atoms with Gasteiger partial charge in [0.1, 0.15) is 0 Å². The fourth-order valence-corrected chi connectivity index (χ4v) is 1.57. The Hall–Kier alpha value is -0.700. The quantitative estimate of drug-likeness (QED) is 0.294. The van der Waals surface area contributed by atoms with Crippen molar-refractivity contribution in [1.29, 1.82) is 0 Å². The number of allylic oxidation sites excluding steroid dienone is 2. The van der Waals surface area contributed by atoms with E-state index in [0.717, 1.165) is 6.42 Å². The van der Waals surface area contributed by atoms with Crippen molar-refractivity contribution in [3.63, 3.8) is 0 Å². The summed E-state index contributed by atoms with van der Waals surface area (Å²) < 4.78 is 0. The minimum atomic E-state index is 1.08. The molecule has 0 rings (SSSR count). The van der Waals surface area contributed by atoms with Gasteiger partial charge in [-0.15, -0.1) is 11.8 Å². The Morgan fingerprint density at radius 3 is 2.60 bits per heavy atom. The fourth-order valence-electron chi connectivity index (χ4n) is 1.57. The van der Waals surface area contributed by atoms with E-state index in [1.165, 1.54) is 44.9 Å². The summed E-state index contributed by atoms with van der Waals surface area (Å²) in [6.07, 6.45) is 12.6. The zero-order valence-corrected chi connectivity index (χ0v) is 10.7. The Kier molecular flexibility index (Phi) is 10.8. The summed E-state index contributed by atoms with van der Waals surface area (Å²) in [6, 6.07) is 0. The van der Waals surface area contributed by atoms with Crippen molar-refractivity contribution in [3.05, 3.63) is 11.6 Å². The molecule has 0 fully saturated rings. The van der Waals surface area contributed by atoms with Crippen molar-refractivity contribution in [1.82, 2.24) is 0 Å². The molecule has 86 valence electrons. The molecular weight excluding hydrogens is 180 g/mol. The summed E-state index contributed by atoms with van der Waals surface area (Å²) in [6.45, 7) is 6.43. The Bertz CT molecular complexity index is 212. The van der Waals surface area contributed by atoms with Crippen molar-refractivity contribution in [2.45, 2.75) is 72.1 Å². The highest BCUT2D eigenvalue weighted by Crippen LogP contribution is 2.11. The normalized spacial score (nSPS) is 11.0. The highest BCUT2D eigenvalue weighted by Gasteiger charge is 1.91. The molecule has 0 aliphatic rings. The molecule has 0 unspecified atom stereocenters. The van der Waals surface area contributed by atoms with Gasteiger partial charge in [-0.25, -0.2) is 0 Å². The third kappa shape index (κ3) is 11.2. The second-order valence-electron chi connectivity index (χ2n) is 4.18. The highest BCUT2D eigenvalue weighted by molar-refractivity contribution is 4.98. The monoisotopic (exact) mass is 206 g/mol. The largest absolute Gasteiger partial charge is 0.107 e. The smallest absolute Gasteiger partial charge is 0.00885 e. The number of unbranched alkanes of at least 4 members (excludes halogenated alkanes) is 5. The highest BCUT2D eigenvalue weighted by atomic mass is 14.0. The first kappa shape index (κ1) is 14.3. The Balaban J connectivity index is 3.32. The Morgan fingerprint density at radius 2 is 1.93 bits per heavy atom. The first-order chi connectivity index (χ1) is 7.31. The number of hydrogen-bond acceptors (Lipinski definition) is 0. The minimum Gasteiger partial charge on any atom is -0.107 e. The average molecular weight is 206 g/mol. The van der Waals surface area contributed by atoms with Crippen LogP contribution in [0.15, 0.2) is 11.6 Å². The van der Waals surface area contributed by atoms with E-state index >= 15 is 0 Å². The first-order valence-electron chi connectivity index (χ1n) is 6.36. The third-order valence-corrected chi connectivity index (χ3v) is 2.60. The van der Waals surface area contributed by atoms with E-state index in [1.54, 1.807) is 5.57 Å². The molecule has 0 heterocycles. The van der Waals surface area contributed by atoms with Crippen LogP contribution in [0.5, 0.6) is 0 Å². The third-order valence-electron chi connectivity index (χ3n) is 2.60. The van der Waals surface area contributed by atoms with Crippen molar-refractivity contribution >= 4 is 0 Å². The van der Waals surface area contributed by atoms with Gasteiger partial charge < -0.3 is 0 Å². The standard InChI is InChI=1S/C15H26/c1-4-6-8-9-10-12-14-15(3)13-11-7-5-2/h13H,5,7-12,14H2,1-3H3. The van der Waals surface area contributed by atoms with Crippen LogP contribution in [0.2, 0.25) is 0 Å². The fraction of sp³-hybridized carbons (Fsp3) is 0.733. The van der Waals surface area contributed by atoms with Crippen molar-refractivity contribution in [2.24, 2.45) is 0 Å². The van der Waals surface area contributed by atoms with Gasteiger partial charge in [0.25, 0.3) is 0 Å². The molecule has 0 aliphatic heterocycles. The Morgan fingerprint density at radius 1 is 1.13 bits per heavy atom. The predicted octanol–water partition coefficient (Wildman–Crippen LogP) is 5.10. The van der Waals surface area contributed by atoms with E-state index in [9.17, 15) is 0 Å². The maximum absolute atomic E-state index is 3.11. The first-order valence-corrected chi connectivity index (χ1v) is 6.36. The molecule has 0 heteroatoms. The SMILES string of the molecule is CC#CCCCCCC(C)=CCCCC. The van der Waals surface area contributed by atoms with Gasteiger partial charge in [-0.05, 0) is 39.5 Å². The van der Waals surface area contributed by atoms with Crippen LogP contribution in [-0.2, 0) is 0 Å². The predicted molar refractivity (Wildman–Crippen MR) is 69.8 cm³/mol. The Labute approximate surface area is 96.2 Å². The summed E-state index contributed by atoms with van der Waals surface area (Å²) in [7, 11) is 0. The topological polar surface area (TPSA) is 0 Å².